The maximum Gasteiger partial charge on any atom is 0.233 e. The molecule has 0 aliphatic heterocycles. The molecular formula is C26H26N2O2S. The monoisotopic (exact) mass is 430 g/mol. The zero-order valence-electron chi connectivity index (χ0n) is 18.3. The van der Waals surface area contributed by atoms with Crippen molar-refractivity contribution >= 4 is 32.6 Å². The van der Waals surface area contributed by atoms with Crippen molar-refractivity contribution in [2.24, 2.45) is 0 Å². The molecule has 31 heavy (non-hydrogen) atoms. The van der Waals surface area contributed by atoms with E-state index in [2.05, 4.69) is 39.0 Å². The number of carbonyl (C=O) groups is 1. The Kier molecular flexibility index (Phi) is 6.05. The molecule has 1 amide bonds. The van der Waals surface area contributed by atoms with Gasteiger partial charge in [-0.2, -0.15) is 0 Å². The number of carbonyl (C=O) groups excluding carboxylic acids is 1. The van der Waals surface area contributed by atoms with Crippen molar-refractivity contribution in [3.05, 3.63) is 88.5 Å². The lowest BCUT2D eigenvalue weighted by molar-refractivity contribution is -0.118. The van der Waals surface area contributed by atoms with Crippen molar-refractivity contribution in [1.82, 2.24) is 4.98 Å². The lowest BCUT2D eigenvalue weighted by Crippen LogP contribution is -2.31. The van der Waals surface area contributed by atoms with Gasteiger partial charge in [0.05, 0.1) is 24.8 Å². The first-order valence-electron chi connectivity index (χ1n) is 10.3. The third kappa shape index (κ3) is 4.47. The molecule has 0 unspecified atom stereocenters. The van der Waals surface area contributed by atoms with Crippen LogP contribution in [-0.4, -0.2) is 18.0 Å². The molecule has 0 saturated carbocycles. The van der Waals surface area contributed by atoms with Gasteiger partial charge in [-0.3, -0.25) is 9.69 Å². The Balaban J connectivity index is 1.76. The average Bonchev–Trinajstić information content (AvgIpc) is 3.21. The molecule has 0 aliphatic carbocycles. The number of methoxy groups -OCH3 is 1. The molecule has 0 N–H and O–H groups in total. The Morgan fingerprint density at radius 1 is 1.00 bits per heavy atom. The number of hydrogen-bond acceptors (Lipinski definition) is 4. The highest BCUT2D eigenvalue weighted by molar-refractivity contribution is 7.22. The van der Waals surface area contributed by atoms with E-state index in [4.69, 9.17) is 9.72 Å². The molecule has 158 valence electrons. The van der Waals surface area contributed by atoms with Crippen molar-refractivity contribution in [3.63, 3.8) is 0 Å². The van der Waals surface area contributed by atoms with Crippen LogP contribution in [0.5, 0.6) is 5.75 Å². The van der Waals surface area contributed by atoms with E-state index in [1.54, 1.807) is 23.3 Å². The highest BCUT2D eigenvalue weighted by atomic mass is 32.1. The molecule has 0 fully saturated rings. The Bertz CT molecular complexity index is 1230. The Labute approximate surface area is 187 Å². The van der Waals surface area contributed by atoms with E-state index in [-0.39, 0.29) is 5.91 Å². The Morgan fingerprint density at radius 2 is 1.74 bits per heavy atom. The maximum atomic E-state index is 13.6. The third-order valence-electron chi connectivity index (χ3n) is 5.47. The number of amides is 1. The second-order valence-corrected chi connectivity index (χ2v) is 8.81. The molecule has 0 saturated heterocycles. The third-order valence-corrected chi connectivity index (χ3v) is 6.69. The summed E-state index contributed by atoms with van der Waals surface area (Å²) in [5, 5.41) is 0.696. The Morgan fingerprint density at radius 3 is 2.48 bits per heavy atom. The van der Waals surface area contributed by atoms with Gasteiger partial charge in [0.2, 0.25) is 5.91 Å². The van der Waals surface area contributed by atoms with E-state index in [0.717, 1.165) is 43.8 Å². The number of thiazole rings is 1. The minimum absolute atomic E-state index is 0.0354. The first kappa shape index (κ1) is 21.1. The van der Waals surface area contributed by atoms with Crippen LogP contribution in [0.3, 0.4) is 0 Å². The number of anilines is 1. The lowest BCUT2D eigenvalue weighted by atomic mass is 10.0. The SMILES string of the molecule is COc1ccc(C)c2sc(N(Cc3ccccc3)C(=O)Cc3cc(C)ccc3C)nc12. The van der Waals surface area contributed by atoms with Crippen LogP contribution in [0.15, 0.2) is 60.7 Å². The average molecular weight is 431 g/mol. The molecule has 4 aromatic rings. The normalized spacial score (nSPS) is 11.0. The summed E-state index contributed by atoms with van der Waals surface area (Å²) in [6.07, 6.45) is 0.340. The summed E-state index contributed by atoms with van der Waals surface area (Å²) < 4.78 is 6.57. The molecule has 0 bridgehead atoms. The predicted octanol–water partition coefficient (Wildman–Crippen LogP) is 6.01. The number of rotatable bonds is 6. The molecular weight excluding hydrogens is 404 g/mol. The van der Waals surface area contributed by atoms with Crippen LogP contribution in [0, 0.1) is 20.8 Å². The summed E-state index contributed by atoms with van der Waals surface area (Å²) in [6, 6.07) is 20.3. The number of aromatic nitrogens is 1. The van der Waals surface area contributed by atoms with Crippen LogP contribution in [-0.2, 0) is 17.8 Å². The van der Waals surface area contributed by atoms with E-state index < -0.39 is 0 Å². The lowest BCUT2D eigenvalue weighted by Gasteiger charge is -2.21. The summed E-state index contributed by atoms with van der Waals surface area (Å²) in [7, 11) is 1.65. The summed E-state index contributed by atoms with van der Waals surface area (Å²) >= 11 is 1.54. The van der Waals surface area contributed by atoms with Gasteiger partial charge in [0, 0.05) is 0 Å². The van der Waals surface area contributed by atoms with Gasteiger partial charge < -0.3 is 4.74 Å². The van der Waals surface area contributed by atoms with Gasteiger partial charge >= 0.3 is 0 Å². The van der Waals surface area contributed by atoms with Gasteiger partial charge in [-0.1, -0.05) is 71.5 Å². The van der Waals surface area contributed by atoms with Gasteiger partial charge in [-0.15, -0.1) is 0 Å². The van der Waals surface area contributed by atoms with Crippen molar-refractivity contribution in [2.45, 2.75) is 33.7 Å². The quantitative estimate of drug-likeness (QED) is 0.376. The van der Waals surface area contributed by atoms with Crippen molar-refractivity contribution in [3.8, 4) is 5.75 Å². The first-order chi connectivity index (χ1) is 15.0. The number of nitrogens with zero attached hydrogens (tertiary/aromatic N) is 2. The molecule has 3 aromatic carbocycles. The molecule has 4 rings (SSSR count). The zero-order valence-corrected chi connectivity index (χ0v) is 19.1. The van der Waals surface area contributed by atoms with Crippen molar-refractivity contribution in [2.75, 3.05) is 12.0 Å². The largest absolute Gasteiger partial charge is 0.494 e. The summed E-state index contributed by atoms with van der Waals surface area (Å²) in [5.41, 5.74) is 6.34. The first-order valence-corrected chi connectivity index (χ1v) is 11.1. The molecule has 5 heteroatoms. The van der Waals surface area contributed by atoms with E-state index in [1.165, 1.54) is 0 Å². The summed E-state index contributed by atoms with van der Waals surface area (Å²) in [6.45, 7) is 6.64. The van der Waals surface area contributed by atoms with Crippen LogP contribution >= 0.6 is 11.3 Å². The molecule has 0 aliphatic rings. The number of fused-ring (bicyclic) bond motifs is 1. The molecule has 1 aromatic heterocycles. The number of hydrogen-bond donors (Lipinski definition) is 0. The van der Waals surface area contributed by atoms with Gasteiger partial charge in [-0.25, -0.2) is 4.98 Å². The van der Waals surface area contributed by atoms with E-state index in [1.807, 2.05) is 42.5 Å². The van der Waals surface area contributed by atoms with Crippen LogP contribution in [0.1, 0.15) is 27.8 Å². The fraction of sp³-hybridized carbons (Fsp3) is 0.231. The number of aryl methyl sites for hydroxylation is 3. The van der Waals surface area contributed by atoms with Crippen LogP contribution in [0.4, 0.5) is 5.13 Å². The van der Waals surface area contributed by atoms with Crippen LogP contribution in [0.25, 0.3) is 10.2 Å². The van der Waals surface area contributed by atoms with Gasteiger partial charge in [0.1, 0.15) is 11.3 Å². The zero-order chi connectivity index (χ0) is 22.0. The highest BCUT2D eigenvalue weighted by Gasteiger charge is 2.23. The fourth-order valence-corrected chi connectivity index (χ4v) is 4.72. The minimum Gasteiger partial charge on any atom is -0.494 e. The van der Waals surface area contributed by atoms with Crippen molar-refractivity contribution in [1.29, 1.82) is 0 Å². The highest BCUT2D eigenvalue weighted by Crippen LogP contribution is 2.37. The molecule has 0 atom stereocenters. The van der Waals surface area contributed by atoms with Crippen LogP contribution < -0.4 is 9.64 Å². The molecule has 0 spiro atoms. The second kappa shape index (κ2) is 8.90. The Hall–Kier alpha value is -3.18. The van der Waals surface area contributed by atoms with Crippen LogP contribution in [0.2, 0.25) is 0 Å². The van der Waals surface area contributed by atoms with Gasteiger partial charge in [0.15, 0.2) is 5.13 Å². The van der Waals surface area contributed by atoms with E-state index >= 15 is 0 Å². The van der Waals surface area contributed by atoms with Gasteiger partial charge in [-0.05, 0) is 49.1 Å². The minimum atomic E-state index is 0.0354. The maximum absolute atomic E-state index is 13.6. The molecule has 1 heterocycles. The standard InChI is InChI=1S/C26H26N2O2S/c1-17-10-11-18(2)21(14-17)15-23(29)28(16-20-8-6-5-7-9-20)26-27-24-22(30-4)13-12-19(3)25(24)31-26/h5-14H,15-16H2,1-4H3. The topological polar surface area (TPSA) is 42.4 Å². The summed E-state index contributed by atoms with van der Waals surface area (Å²) in [4.78, 5) is 20.2. The van der Waals surface area contributed by atoms with E-state index in [9.17, 15) is 4.79 Å². The number of benzene rings is 3. The van der Waals surface area contributed by atoms with Crippen molar-refractivity contribution < 1.29 is 9.53 Å². The summed E-state index contributed by atoms with van der Waals surface area (Å²) in [5.74, 6) is 0.762. The van der Waals surface area contributed by atoms with E-state index in [0.29, 0.717) is 18.1 Å². The second-order valence-electron chi connectivity index (χ2n) is 7.83. The smallest absolute Gasteiger partial charge is 0.233 e. The predicted molar refractivity (Wildman–Crippen MR) is 128 cm³/mol. The molecule has 4 nitrogen and oxygen atoms in total. The van der Waals surface area contributed by atoms with Gasteiger partial charge in [0.25, 0.3) is 0 Å². The fourth-order valence-electron chi connectivity index (χ4n) is 3.66. The number of ether oxygens (including phenoxy) is 1. The molecule has 0 radical (unpaired) electrons.